The van der Waals surface area contributed by atoms with Crippen LogP contribution in [0.3, 0.4) is 0 Å². The first kappa shape index (κ1) is 13.9. The molecule has 0 aliphatic heterocycles. The van der Waals surface area contributed by atoms with Gasteiger partial charge in [0, 0.05) is 12.0 Å². The zero-order chi connectivity index (χ0) is 14.4. The topological polar surface area (TPSA) is 35.5 Å². The van der Waals surface area contributed by atoms with Crippen molar-refractivity contribution < 1.29 is 14.3 Å². The van der Waals surface area contributed by atoms with Crippen molar-refractivity contribution in [1.29, 1.82) is 0 Å². The molecular weight excluding hydrogens is 252 g/mol. The van der Waals surface area contributed by atoms with Crippen molar-refractivity contribution in [3.63, 3.8) is 0 Å². The Morgan fingerprint density at radius 1 is 1.00 bits per heavy atom. The molecule has 2 aromatic carbocycles. The number of rotatable bonds is 5. The van der Waals surface area contributed by atoms with E-state index in [4.69, 9.17) is 9.47 Å². The largest absolute Gasteiger partial charge is 0.497 e. The second-order valence-electron chi connectivity index (χ2n) is 4.33. The molecule has 0 saturated carbocycles. The molecule has 3 heteroatoms. The van der Waals surface area contributed by atoms with E-state index >= 15 is 0 Å². The summed E-state index contributed by atoms with van der Waals surface area (Å²) < 4.78 is 10.3. The van der Waals surface area contributed by atoms with Crippen LogP contribution in [0.4, 0.5) is 0 Å². The van der Waals surface area contributed by atoms with Crippen LogP contribution in [0.25, 0.3) is 0 Å². The Bertz CT molecular complexity index is 585. The Balaban J connectivity index is 1.95. The second-order valence-corrected chi connectivity index (χ2v) is 4.33. The number of esters is 1. The van der Waals surface area contributed by atoms with Gasteiger partial charge in [0.1, 0.15) is 11.5 Å². The summed E-state index contributed by atoms with van der Waals surface area (Å²) in [4.78, 5) is 11.9. The van der Waals surface area contributed by atoms with Crippen LogP contribution in [0.15, 0.2) is 66.7 Å². The Morgan fingerprint density at radius 2 is 1.65 bits per heavy atom. The van der Waals surface area contributed by atoms with Gasteiger partial charge in [0.25, 0.3) is 0 Å². The predicted molar refractivity (Wildman–Crippen MR) is 77.9 cm³/mol. The Labute approximate surface area is 118 Å². The molecule has 2 aromatic rings. The summed E-state index contributed by atoms with van der Waals surface area (Å²) in [6, 6.07) is 16.5. The molecule has 0 radical (unpaired) electrons. The van der Waals surface area contributed by atoms with E-state index in [1.165, 1.54) is 0 Å². The van der Waals surface area contributed by atoms with E-state index in [9.17, 15) is 4.79 Å². The van der Waals surface area contributed by atoms with Gasteiger partial charge in [-0.05, 0) is 29.8 Å². The van der Waals surface area contributed by atoms with Crippen LogP contribution in [0, 0.1) is 0 Å². The highest BCUT2D eigenvalue weighted by Crippen LogP contribution is 2.16. The molecule has 0 atom stereocenters. The molecule has 2 rings (SSSR count). The van der Waals surface area contributed by atoms with E-state index in [0.29, 0.717) is 17.7 Å². The minimum absolute atomic E-state index is 0.410. The average Bonchev–Trinajstić information content (AvgIpc) is 2.49. The maximum absolute atomic E-state index is 11.9. The lowest BCUT2D eigenvalue weighted by Crippen LogP contribution is -2.12. The highest BCUT2D eigenvalue weighted by Gasteiger charge is 2.10. The summed E-state index contributed by atoms with van der Waals surface area (Å²) >= 11 is 0. The van der Waals surface area contributed by atoms with Crippen LogP contribution >= 0.6 is 0 Å². The molecule has 0 saturated heterocycles. The van der Waals surface area contributed by atoms with Gasteiger partial charge in [-0.15, -0.1) is 0 Å². The fraction of sp³-hybridized carbons (Fsp3) is 0.118. The van der Waals surface area contributed by atoms with Gasteiger partial charge in [0.05, 0.1) is 7.11 Å². The van der Waals surface area contributed by atoms with Crippen molar-refractivity contribution in [3.05, 3.63) is 72.3 Å². The van der Waals surface area contributed by atoms with E-state index < -0.39 is 5.97 Å². The highest BCUT2D eigenvalue weighted by molar-refractivity contribution is 5.89. The van der Waals surface area contributed by atoms with Gasteiger partial charge in [-0.25, -0.2) is 4.79 Å². The molecule has 0 amide bonds. The van der Waals surface area contributed by atoms with E-state index in [2.05, 4.69) is 6.58 Å². The monoisotopic (exact) mass is 268 g/mol. The summed E-state index contributed by atoms with van der Waals surface area (Å²) in [5, 5.41) is 0. The summed E-state index contributed by atoms with van der Waals surface area (Å²) in [5.74, 6) is 0.895. The van der Waals surface area contributed by atoms with E-state index in [1.54, 1.807) is 19.2 Å². The first-order valence-corrected chi connectivity index (χ1v) is 6.27. The second kappa shape index (κ2) is 6.57. The van der Waals surface area contributed by atoms with Gasteiger partial charge in [-0.1, -0.05) is 36.9 Å². The Kier molecular flexibility index (Phi) is 4.56. The average molecular weight is 268 g/mol. The Morgan fingerprint density at radius 3 is 2.25 bits per heavy atom. The van der Waals surface area contributed by atoms with Crippen molar-refractivity contribution >= 4 is 5.97 Å². The first-order chi connectivity index (χ1) is 9.69. The summed E-state index contributed by atoms with van der Waals surface area (Å²) in [6.07, 6.45) is 0.454. The number of carbonyl (C=O) groups is 1. The summed E-state index contributed by atoms with van der Waals surface area (Å²) in [7, 11) is 1.62. The molecule has 0 aliphatic rings. The quantitative estimate of drug-likeness (QED) is 0.473. The van der Waals surface area contributed by atoms with Crippen molar-refractivity contribution in [2.75, 3.05) is 7.11 Å². The molecule has 0 spiro atoms. The molecule has 102 valence electrons. The molecule has 0 heterocycles. The maximum atomic E-state index is 11.9. The van der Waals surface area contributed by atoms with Crippen LogP contribution in [0.1, 0.15) is 5.56 Å². The van der Waals surface area contributed by atoms with Crippen LogP contribution in [0.5, 0.6) is 11.5 Å². The fourth-order valence-electron chi connectivity index (χ4n) is 1.73. The lowest BCUT2D eigenvalue weighted by Gasteiger charge is -2.07. The van der Waals surface area contributed by atoms with Crippen molar-refractivity contribution in [3.8, 4) is 11.5 Å². The molecular formula is C17H16O3. The smallest absolute Gasteiger partial charge is 0.339 e. The van der Waals surface area contributed by atoms with Gasteiger partial charge in [0.15, 0.2) is 0 Å². The number of hydrogen-bond donors (Lipinski definition) is 0. The molecule has 0 aromatic heterocycles. The third-order valence-corrected chi connectivity index (χ3v) is 2.82. The van der Waals surface area contributed by atoms with E-state index in [1.807, 2.05) is 42.5 Å². The number of methoxy groups -OCH3 is 1. The first-order valence-electron chi connectivity index (χ1n) is 6.27. The van der Waals surface area contributed by atoms with Crippen LogP contribution in [0.2, 0.25) is 0 Å². The van der Waals surface area contributed by atoms with Crippen molar-refractivity contribution in [1.82, 2.24) is 0 Å². The van der Waals surface area contributed by atoms with Crippen molar-refractivity contribution in [2.45, 2.75) is 6.42 Å². The zero-order valence-electron chi connectivity index (χ0n) is 11.3. The number of para-hydroxylation sites is 1. The van der Waals surface area contributed by atoms with Crippen LogP contribution in [-0.4, -0.2) is 13.1 Å². The molecule has 0 aliphatic carbocycles. The van der Waals surface area contributed by atoms with E-state index in [-0.39, 0.29) is 0 Å². The number of hydrogen-bond acceptors (Lipinski definition) is 3. The van der Waals surface area contributed by atoms with Crippen LogP contribution < -0.4 is 9.47 Å². The summed E-state index contributed by atoms with van der Waals surface area (Å²) in [6.45, 7) is 3.78. The fourth-order valence-corrected chi connectivity index (χ4v) is 1.73. The highest BCUT2D eigenvalue weighted by atomic mass is 16.5. The summed E-state index contributed by atoms with van der Waals surface area (Å²) in [5.41, 5.74) is 1.40. The SMILES string of the molecule is C=C(Cc1ccc(OC)cc1)C(=O)Oc1ccccc1. The van der Waals surface area contributed by atoms with Crippen LogP contribution in [-0.2, 0) is 11.2 Å². The van der Waals surface area contributed by atoms with Gasteiger partial charge in [-0.2, -0.15) is 0 Å². The zero-order valence-corrected chi connectivity index (χ0v) is 11.3. The third kappa shape index (κ3) is 3.72. The number of ether oxygens (including phenoxy) is 2. The minimum Gasteiger partial charge on any atom is -0.497 e. The number of benzene rings is 2. The van der Waals surface area contributed by atoms with Gasteiger partial charge in [-0.3, -0.25) is 0 Å². The lowest BCUT2D eigenvalue weighted by molar-refractivity contribution is -0.130. The minimum atomic E-state index is -0.410. The van der Waals surface area contributed by atoms with E-state index in [0.717, 1.165) is 11.3 Å². The molecule has 20 heavy (non-hydrogen) atoms. The van der Waals surface area contributed by atoms with Gasteiger partial charge in [0.2, 0.25) is 0 Å². The molecule has 0 bridgehead atoms. The molecule has 0 unspecified atom stereocenters. The van der Waals surface area contributed by atoms with Crippen molar-refractivity contribution in [2.24, 2.45) is 0 Å². The third-order valence-electron chi connectivity index (χ3n) is 2.82. The normalized spacial score (nSPS) is 9.85. The predicted octanol–water partition coefficient (Wildman–Crippen LogP) is 3.40. The molecule has 0 fully saturated rings. The maximum Gasteiger partial charge on any atom is 0.339 e. The standard InChI is InChI=1S/C17H16O3/c1-13(12-14-8-10-15(19-2)11-9-14)17(18)20-16-6-4-3-5-7-16/h3-11H,1,12H2,2H3. The molecule has 3 nitrogen and oxygen atoms in total. The number of carbonyl (C=O) groups excluding carboxylic acids is 1. The Hall–Kier alpha value is -2.55. The molecule has 0 N–H and O–H groups in total. The van der Waals surface area contributed by atoms with Gasteiger partial charge < -0.3 is 9.47 Å². The lowest BCUT2D eigenvalue weighted by atomic mass is 10.1. The van der Waals surface area contributed by atoms with Gasteiger partial charge >= 0.3 is 5.97 Å².